The third-order valence-electron chi connectivity index (χ3n) is 2.67. The summed E-state index contributed by atoms with van der Waals surface area (Å²) in [7, 11) is 0. The molecule has 1 fully saturated rings. The van der Waals surface area contributed by atoms with Crippen LogP contribution >= 0.6 is 0 Å². The van der Waals surface area contributed by atoms with Gasteiger partial charge < -0.3 is 5.32 Å². The van der Waals surface area contributed by atoms with E-state index in [4.69, 9.17) is 0 Å². The maximum Gasteiger partial charge on any atom is 0.223 e. The van der Waals surface area contributed by atoms with Crippen LogP contribution < -0.4 is 5.32 Å². The van der Waals surface area contributed by atoms with Crippen molar-refractivity contribution in [2.24, 2.45) is 0 Å². The standard InChI is InChI=1S/C10H15N3/c1-8-4-7-11-9(12-8)13-10(2)5-3-6-10/h4,7H,3,5-6H2,1-2H3,(H,11,12,13). The summed E-state index contributed by atoms with van der Waals surface area (Å²) < 4.78 is 0. The summed E-state index contributed by atoms with van der Waals surface area (Å²) in [5.74, 6) is 0.766. The van der Waals surface area contributed by atoms with Crippen molar-refractivity contribution in [2.75, 3.05) is 5.32 Å². The third kappa shape index (κ3) is 1.79. The van der Waals surface area contributed by atoms with Crippen LogP contribution in [0.15, 0.2) is 12.3 Å². The van der Waals surface area contributed by atoms with E-state index < -0.39 is 0 Å². The minimum absolute atomic E-state index is 0.244. The van der Waals surface area contributed by atoms with Crippen LogP contribution in [0, 0.1) is 6.92 Å². The molecule has 2 rings (SSSR count). The molecule has 70 valence electrons. The Morgan fingerprint density at radius 2 is 2.23 bits per heavy atom. The van der Waals surface area contributed by atoms with Gasteiger partial charge in [-0.2, -0.15) is 0 Å². The lowest BCUT2D eigenvalue weighted by atomic mass is 9.79. The van der Waals surface area contributed by atoms with Gasteiger partial charge in [0.15, 0.2) is 0 Å². The molecule has 0 unspecified atom stereocenters. The molecule has 1 aromatic rings. The quantitative estimate of drug-likeness (QED) is 0.752. The molecule has 1 aliphatic rings. The molecule has 1 aromatic heterocycles. The minimum atomic E-state index is 0.244. The summed E-state index contributed by atoms with van der Waals surface area (Å²) in [5, 5.41) is 3.37. The summed E-state index contributed by atoms with van der Waals surface area (Å²) in [6.07, 6.45) is 5.57. The maximum atomic E-state index is 4.32. The fourth-order valence-corrected chi connectivity index (χ4v) is 1.61. The molecule has 13 heavy (non-hydrogen) atoms. The average Bonchev–Trinajstić information content (AvgIpc) is 2.01. The molecule has 0 aromatic carbocycles. The van der Waals surface area contributed by atoms with E-state index in [1.807, 2.05) is 13.0 Å². The Kier molecular flexibility index (Phi) is 1.94. The molecule has 1 heterocycles. The van der Waals surface area contributed by atoms with Gasteiger partial charge in [0.2, 0.25) is 5.95 Å². The topological polar surface area (TPSA) is 37.8 Å². The average molecular weight is 177 g/mol. The van der Waals surface area contributed by atoms with Gasteiger partial charge in [-0.15, -0.1) is 0 Å². The molecule has 3 nitrogen and oxygen atoms in total. The van der Waals surface area contributed by atoms with Crippen LogP contribution in [0.25, 0.3) is 0 Å². The van der Waals surface area contributed by atoms with E-state index in [-0.39, 0.29) is 5.54 Å². The molecule has 0 amide bonds. The number of hydrogen-bond donors (Lipinski definition) is 1. The predicted molar refractivity (Wildman–Crippen MR) is 52.6 cm³/mol. The Morgan fingerprint density at radius 3 is 2.77 bits per heavy atom. The van der Waals surface area contributed by atoms with Gasteiger partial charge in [0.05, 0.1) is 0 Å². The van der Waals surface area contributed by atoms with E-state index in [0.29, 0.717) is 0 Å². The van der Waals surface area contributed by atoms with E-state index in [0.717, 1.165) is 11.6 Å². The van der Waals surface area contributed by atoms with Crippen molar-refractivity contribution in [1.82, 2.24) is 9.97 Å². The van der Waals surface area contributed by atoms with E-state index in [1.165, 1.54) is 19.3 Å². The number of hydrogen-bond acceptors (Lipinski definition) is 3. The van der Waals surface area contributed by atoms with E-state index >= 15 is 0 Å². The molecule has 0 radical (unpaired) electrons. The number of anilines is 1. The second kappa shape index (κ2) is 2.98. The summed E-state index contributed by atoms with van der Waals surface area (Å²) in [6, 6.07) is 1.91. The number of aromatic nitrogens is 2. The highest BCUT2D eigenvalue weighted by Gasteiger charge is 2.32. The van der Waals surface area contributed by atoms with Crippen LogP contribution in [0.4, 0.5) is 5.95 Å². The Morgan fingerprint density at radius 1 is 1.46 bits per heavy atom. The number of rotatable bonds is 2. The second-order valence-electron chi connectivity index (χ2n) is 4.06. The van der Waals surface area contributed by atoms with Crippen molar-refractivity contribution in [3.63, 3.8) is 0 Å². The van der Waals surface area contributed by atoms with Gasteiger partial charge in [-0.3, -0.25) is 0 Å². The van der Waals surface area contributed by atoms with E-state index in [9.17, 15) is 0 Å². The van der Waals surface area contributed by atoms with Crippen molar-refractivity contribution in [3.05, 3.63) is 18.0 Å². The highest BCUT2D eigenvalue weighted by molar-refractivity contribution is 5.30. The largest absolute Gasteiger partial charge is 0.349 e. The van der Waals surface area contributed by atoms with Crippen LogP contribution in [-0.4, -0.2) is 15.5 Å². The molecule has 3 heteroatoms. The smallest absolute Gasteiger partial charge is 0.223 e. The van der Waals surface area contributed by atoms with Crippen LogP contribution in [-0.2, 0) is 0 Å². The third-order valence-corrected chi connectivity index (χ3v) is 2.67. The maximum absolute atomic E-state index is 4.32. The van der Waals surface area contributed by atoms with Crippen molar-refractivity contribution < 1.29 is 0 Å². The highest BCUT2D eigenvalue weighted by atomic mass is 15.1. The molecule has 1 N–H and O–H groups in total. The summed E-state index contributed by atoms with van der Waals surface area (Å²) >= 11 is 0. The molecule has 1 aliphatic carbocycles. The van der Waals surface area contributed by atoms with Crippen LogP contribution in [0.1, 0.15) is 31.9 Å². The fourth-order valence-electron chi connectivity index (χ4n) is 1.61. The van der Waals surface area contributed by atoms with Crippen molar-refractivity contribution >= 4 is 5.95 Å². The molecule has 0 bridgehead atoms. The minimum Gasteiger partial charge on any atom is -0.349 e. The van der Waals surface area contributed by atoms with Crippen molar-refractivity contribution in [1.29, 1.82) is 0 Å². The van der Waals surface area contributed by atoms with E-state index in [1.54, 1.807) is 6.20 Å². The first-order chi connectivity index (χ1) is 6.18. The molecular formula is C10H15N3. The lowest BCUT2D eigenvalue weighted by Gasteiger charge is -2.39. The van der Waals surface area contributed by atoms with Gasteiger partial charge in [0.25, 0.3) is 0 Å². The zero-order valence-corrected chi connectivity index (χ0v) is 8.17. The monoisotopic (exact) mass is 177 g/mol. The normalized spacial score (nSPS) is 19.2. The Hall–Kier alpha value is -1.12. The fraction of sp³-hybridized carbons (Fsp3) is 0.600. The summed E-state index contributed by atoms with van der Waals surface area (Å²) in [6.45, 7) is 4.21. The zero-order chi connectivity index (χ0) is 9.31. The molecule has 0 saturated heterocycles. The van der Waals surface area contributed by atoms with Crippen LogP contribution in [0.5, 0.6) is 0 Å². The Labute approximate surface area is 78.6 Å². The van der Waals surface area contributed by atoms with Crippen molar-refractivity contribution in [3.8, 4) is 0 Å². The zero-order valence-electron chi connectivity index (χ0n) is 8.17. The van der Waals surface area contributed by atoms with Gasteiger partial charge in [0, 0.05) is 17.4 Å². The van der Waals surface area contributed by atoms with Gasteiger partial charge in [-0.1, -0.05) is 0 Å². The molecule has 0 atom stereocenters. The van der Waals surface area contributed by atoms with Gasteiger partial charge in [0.1, 0.15) is 0 Å². The summed E-state index contributed by atoms with van der Waals surface area (Å²) in [5.41, 5.74) is 1.26. The number of nitrogens with zero attached hydrogens (tertiary/aromatic N) is 2. The summed E-state index contributed by atoms with van der Waals surface area (Å²) in [4.78, 5) is 8.50. The van der Waals surface area contributed by atoms with Gasteiger partial charge in [-0.25, -0.2) is 9.97 Å². The second-order valence-corrected chi connectivity index (χ2v) is 4.06. The predicted octanol–water partition coefficient (Wildman–Crippen LogP) is 2.14. The highest BCUT2D eigenvalue weighted by Crippen LogP contribution is 2.33. The van der Waals surface area contributed by atoms with Crippen LogP contribution in [0.2, 0.25) is 0 Å². The Balaban J connectivity index is 2.09. The number of aryl methyl sites for hydroxylation is 1. The first kappa shape index (κ1) is 8.48. The SMILES string of the molecule is Cc1ccnc(NC2(C)CCC2)n1. The van der Waals surface area contributed by atoms with E-state index in [2.05, 4.69) is 22.2 Å². The Bertz CT molecular complexity index is 305. The first-order valence-corrected chi connectivity index (χ1v) is 4.76. The lowest BCUT2D eigenvalue weighted by Crippen LogP contribution is -2.42. The molecule has 1 saturated carbocycles. The van der Waals surface area contributed by atoms with Gasteiger partial charge in [-0.05, 0) is 39.2 Å². The molecule has 0 aliphatic heterocycles. The van der Waals surface area contributed by atoms with Crippen LogP contribution in [0.3, 0.4) is 0 Å². The van der Waals surface area contributed by atoms with Gasteiger partial charge >= 0.3 is 0 Å². The number of nitrogens with one attached hydrogen (secondary N) is 1. The van der Waals surface area contributed by atoms with Crippen molar-refractivity contribution in [2.45, 2.75) is 38.6 Å². The molecular weight excluding hydrogens is 162 g/mol. The first-order valence-electron chi connectivity index (χ1n) is 4.76. The lowest BCUT2D eigenvalue weighted by molar-refractivity contribution is 0.304. The molecule has 0 spiro atoms.